The molecule has 0 aliphatic carbocycles. The molecule has 170 valence electrons. The van der Waals surface area contributed by atoms with E-state index in [-0.39, 0.29) is 25.3 Å². The summed E-state index contributed by atoms with van der Waals surface area (Å²) in [6.45, 7) is 5.28. The zero-order chi connectivity index (χ0) is 23.0. The molecule has 0 aromatic heterocycles. The molecule has 5 unspecified atom stereocenters. The summed E-state index contributed by atoms with van der Waals surface area (Å²) in [5, 5.41) is 23.3. The summed E-state index contributed by atoms with van der Waals surface area (Å²) in [5.74, 6) is -4.39. The molecule has 1 heterocycles. The Morgan fingerprint density at radius 1 is 1.10 bits per heavy atom. The van der Waals surface area contributed by atoms with Crippen LogP contribution in [0.3, 0.4) is 0 Å². The van der Waals surface area contributed by atoms with Gasteiger partial charge >= 0.3 is 11.9 Å². The van der Waals surface area contributed by atoms with E-state index in [1.54, 1.807) is 6.92 Å². The second-order valence-electron chi connectivity index (χ2n) is 7.68. The summed E-state index contributed by atoms with van der Waals surface area (Å²) < 4.78 is 0. The molecule has 6 N–H and O–H groups in total. The first kappa shape index (κ1) is 25.3. The van der Waals surface area contributed by atoms with E-state index in [4.69, 9.17) is 10.8 Å². The van der Waals surface area contributed by atoms with Crippen molar-refractivity contribution in [2.75, 3.05) is 6.54 Å². The second-order valence-corrected chi connectivity index (χ2v) is 7.68. The molecule has 11 heteroatoms. The SMILES string of the molecule is CCC(C)C(NC(=O)C(CCC(=O)O)NC(=O)C(C)N)C(=O)N1CCCC1C(=O)O. The molecule has 1 saturated heterocycles. The molecular formula is C19H32N4O7. The highest BCUT2D eigenvalue weighted by Gasteiger charge is 2.39. The first-order valence-corrected chi connectivity index (χ1v) is 10.1. The van der Waals surface area contributed by atoms with Gasteiger partial charge < -0.3 is 31.5 Å². The average Bonchev–Trinajstić information content (AvgIpc) is 3.17. The van der Waals surface area contributed by atoms with Gasteiger partial charge in [-0.3, -0.25) is 19.2 Å². The zero-order valence-electron chi connectivity index (χ0n) is 17.6. The lowest BCUT2D eigenvalue weighted by molar-refractivity contribution is -0.150. The molecule has 1 aliphatic rings. The lowest BCUT2D eigenvalue weighted by atomic mass is 9.96. The van der Waals surface area contributed by atoms with Gasteiger partial charge in [-0.05, 0) is 32.1 Å². The van der Waals surface area contributed by atoms with Crippen LogP contribution in [-0.2, 0) is 24.0 Å². The van der Waals surface area contributed by atoms with Crippen molar-refractivity contribution < 1.29 is 34.2 Å². The zero-order valence-corrected chi connectivity index (χ0v) is 17.6. The molecule has 0 aromatic carbocycles. The highest BCUT2D eigenvalue weighted by Crippen LogP contribution is 2.21. The Hall–Kier alpha value is -2.69. The molecule has 0 spiro atoms. The maximum absolute atomic E-state index is 13.1. The third kappa shape index (κ3) is 6.97. The highest BCUT2D eigenvalue weighted by molar-refractivity contribution is 5.94. The minimum atomic E-state index is -1.19. The number of nitrogens with zero attached hydrogens (tertiary/aromatic N) is 1. The van der Waals surface area contributed by atoms with Gasteiger partial charge in [0.25, 0.3) is 0 Å². The number of aliphatic carboxylic acids is 2. The van der Waals surface area contributed by atoms with Crippen LogP contribution in [0.2, 0.25) is 0 Å². The summed E-state index contributed by atoms with van der Waals surface area (Å²) in [6.07, 6.45) is 0.882. The third-order valence-electron chi connectivity index (χ3n) is 5.29. The number of nitrogens with one attached hydrogen (secondary N) is 2. The number of carboxylic acid groups (broad SMARTS) is 2. The second kappa shape index (κ2) is 11.5. The normalized spacial score (nSPS) is 20.0. The van der Waals surface area contributed by atoms with Crippen molar-refractivity contribution in [1.29, 1.82) is 0 Å². The van der Waals surface area contributed by atoms with E-state index >= 15 is 0 Å². The molecule has 0 bridgehead atoms. The van der Waals surface area contributed by atoms with Crippen LogP contribution >= 0.6 is 0 Å². The van der Waals surface area contributed by atoms with Crippen molar-refractivity contribution in [3.8, 4) is 0 Å². The molecule has 0 aromatic rings. The number of hydrogen-bond acceptors (Lipinski definition) is 6. The smallest absolute Gasteiger partial charge is 0.326 e. The van der Waals surface area contributed by atoms with Crippen LogP contribution in [0.1, 0.15) is 52.9 Å². The Morgan fingerprint density at radius 2 is 1.73 bits per heavy atom. The predicted molar refractivity (Wildman–Crippen MR) is 106 cm³/mol. The monoisotopic (exact) mass is 428 g/mol. The average molecular weight is 428 g/mol. The fourth-order valence-corrected chi connectivity index (χ4v) is 3.24. The van der Waals surface area contributed by atoms with Crippen molar-refractivity contribution >= 4 is 29.7 Å². The molecule has 30 heavy (non-hydrogen) atoms. The van der Waals surface area contributed by atoms with Crippen molar-refractivity contribution in [3.63, 3.8) is 0 Å². The number of carbonyl (C=O) groups excluding carboxylic acids is 3. The van der Waals surface area contributed by atoms with E-state index in [0.29, 0.717) is 19.3 Å². The predicted octanol–water partition coefficient (Wildman–Crippen LogP) is -0.710. The summed E-state index contributed by atoms with van der Waals surface area (Å²) >= 11 is 0. The number of likely N-dealkylation sites (tertiary alicyclic amines) is 1. The molecule has 5 atom stereocenters. The number of nitrogens with two attached hydrogens (primary N) is 1. The van der Waals surface area contributed by atoms with E-state index in [1.807, 2.05) is 6.92 Å². The van der Waals surface area contributed by atoms with E-state index in [9.17, 15) is 29.1 Å². The Bertz CT molecular complexity index is 667. The van der Waals surface area contributed by atoms with Crippen LogP contribution in [-0.4, -0.2) is 75.5 Å². The number of hydrogen-bond donors (Lipinski definition) is 5. The van der Waals surface area contributed by atoms with Gasteiger partial charge in [0.1, 0.15) is 18.1 Å². The van der Waals surface area contributed by atoms with Crippen LogP contribution in [0.4, 0.5) is 0 Å². The van der Waals surface area contributed by atoms with Gasteiger partial charge in [-0.25, -0.2) is 4.79 Å². The number of rotatable bonds is 11. The fourth-order valence-electron chi connectivity index (χ4n) is 3.24. The van der Waals surface area contributed by atoms with Crippen LogP contribution in [0.25, 0.3) is 0 Å². The van der Waals surface area contributed by atoms with Crippen molar-refractivity contribution in [2.24, 2.45) is 11.7 Å². The third-order valence-corrected chi connectivity index (χ3v) is 5.29. The summed E-state index contributed by atoms with van der Waals surface area (Å²) in [5.41, 5.74) is 5.51. The van der Waals surface area contributed by atoms with Crippen LogP contribution in [0.5, 0.6) is 0 Å². The molecule has 1 fully saturated rings. The Balaban J connectivity index is 3.02. The van der Waals surface area contributed by atoms with Crippen LogP contribution < -0.4 is 16.4 Å². The van der Waals surface area contributed by atoms with Gasteiger partial charge in [0, 0.05) is 13.0 Å². The fraction of sp³-hybridized carbons (Fsp3) is 0.737. The molecule has 1 rings (SSSR count). The lowest BCUT2D eigenvalue weighted by Gasteiger charge is -2.31. The molecule has 0 saturated carbocycles. The van der Waals surface area contributed by atoms with E-state index in [2.05, 4.69) is 10.6 Å². The van der Waals surface area contributed by atoms with E-state index < -0.39 is 53.8 Å². The topological polar surface area (TPSA) is 179 Å². The summed E-state index contributed by atoms with van der Waals surface area (Å²) in [4.78, 5) is 61.5. The standard InChI is InChI=1S/C19H32N4O7/c1-4-10(2)15(18(28)23-9-5-6-13(23)19(29)30)22-17(27)12(7-8-14(24)25)21-16(26)11(3)20/h10-13,15H,4-9,20H2,1-3H3,(H,21,26)(H,22,27)(H,24,25)(H,29,30). The lowest BCUT2D eigenvalue weighted by Crippen LogP contribution is -2.58. The minimum Gasteiger partial charge on any atom is -0.481 e. The molecule has 1 aliphatic heterocycles. The summed E-state index contributed by atoms with van der Waals surface area (Å²) in [6, 6.07) is -4.03. The molecular weight excluding hydrogens is 396 g/mol. The largest absolute Gasteiger partial charge is 0.481 e. The number of carbonyl (C=O) groups is 5. The van der Waals surface area contributed by atoms with Gasteiger partial charge in [-0.15, -0.1) is 0 Å². The maximum Gasteiger partial charge on any atom is 0.326 e. The van der Waals surface area contributed by atoms with Crippen LogP contribution in [0, 0.1) is 5.92 Å². The first-order valence-electron chi connectivity index (χ1n) is 10.1. The Labute approximate surface area is 175 Å². The maximum atomic E-state index is 13.1. The van der Waals surface area contributed by atoms with E-state index in [1.165, 1.54) is 11.8 Å². The van der Waals surface area contributed by atoms with Gasteiger partial charge in [-0.2, -0.15) is 0 Å². The van der Waals surface area contributed by atoms with Crippen molar-refractivity contribution in [1.82, 2.24) is 15.5 Å². The molecule has 11 nitrogen and oxygen atoms in total. The van der Waals surface area contributed by atoms with Gasteiger partial charge in [0.2, 0.25) is 17.7 Å². The van der Waals surface area contributed by atoms with Gasteiger partial charge in [0.05, 0.1) is 6.04 Å². The van der Waals surface area contributed by atoms with Crippen LogP contribution in [0.15, 0.2) is 0 Å². The molecule has 0 radical (unpaired) electrons. The molecule has 3 amide bonds. The first-order chi connectivity index (χ1) is 14.0. The Kier molecular flexibility index (Phi) is 9.70. The summed E-state index contributed by atoms with van der Waals surface area (Å²) in [7, 11) is 0. The Morgan fingerprint density at radius 3 is 2.23 bits per heavy atom. The van der Waals surface area contributed by atoms with Gasteiger partial charge in [0.15, 0.2) is 0 Å². The minimum absolute atomic E-state index is 0.178. The highest BCUT2D eigenvalue weighted by atomic mass is 16.4. The van der Waals surface area contributed by atoms with E-state index in [0.717, 1.165) is 0 Å². The quantitative estimate of drug-likeness (QED) is 0.286. The van der Waals surface area contributed by atoms with Crippen molar-refractivity contribution in [2.45, 2.75) is 77.0 Å². The number of carboxylic acids is 2. The van der Waals surface area contributed by atoms with Gasteiger partial charge in [-0.1, -0.05) is 20.3 Å². The number of amides is 3. The van der Waals surface area contributed by atoms with Crippen molar-refractivity contribution in [3.05, 3.63) is 0 Å².